The fourth-order valence-corrected chi connectivity index (χ4v) is 2.29. The second kappa shape index (κ2) is 7.90. The maximum Gasteiger partial charge on any atom is 0.226 e. The van der Waals surface area contributed by atoms with Crippen LogP contribution in [0.1, 0.15) is 19.4 Å². The molecule has 1 rings (SSSR count). The normalized spacial score (nSPS) is 13.7. The lowest BCUT2D eigenvalue weighted by Gasteiger charge is -2.28. The summed E-state index contributed by atoms with van der Waals surface area (Å²) in [5.74, 6) is 1.04. The Labute approximate surface area is 122 Å². The van der Waals surface area contributed by atoms with Gasteiger partial charge >= 0.3 is 0 Å². The summed E-state index contributed by atoms with van der Waals surface area (Å²) in [6.07, 6.45) is 0.790. The van der Waals surface area contributed by atoms with Gasteiger partial charge in [0.1, 0.15) is 5.75 Å². The van der Waals surface area contributed by atoms with Crippen molar-refractivity contribution in [3.8, 4) is 5.75 Å². The van der Waals surface area contributed by atoms with Gasteiger partial charge in [0.15, 0.2) is 0 Å². The van der Waals surface area contributed by atoms with Crippen LogP contribution in [0.3, 0.4) is 0 Å². The second-order valence-corrected chi connectivity index (χ2v) is 5.27. The fraction of sp³-hybridized carbons (Fsp3) is 0.562. The Bertz CT molecular complexity index is 434. The van der Waals surface area contributed by atoms with Crippen LogP contribution in [0.4, 0.5) is 0 Å². The van der Waals surface area contributed by atoms with Gasteiger partial charge in [0, 0.05) is 25.6 Å². The molecule has 0 radical (unpaired) electrons. The molecule has 112 valence electrons. The Balaban J connectivity index is 2.70. The monoisotopic (exact) mass is 278 g/mol. The number of nitrogens with zero attached hydrogens (tertiary/aromatic N) is 1. The van der Waals surface area contributed by atoms with Crippen molar-refractivity contribution in [2.75, 3.05) is 27.7 Å². The van der Waals surface area contributed by atoms with Gasteiger partial charge in [0.2, 0.25) is 5.91 Å². The van der Waals surface area contributed by atoms with Crippen LogP contribution < -0.4 is 10.1 Å². The van der Waals surface area contributed by atoms with E-state index in [4.69, 9.17) is 4.74 Å². The molecule has 0 aliphatic heterocycles. The van der Waals surface area contributed by atoms with Crippen LogP contribution in [0.5, 0.6) is 5.75 Å². The zero-order valence-electron chi connectivity index (χ0n) is 13.1. The molecule has 0 saturated carbocycles. The lowest BCUT2D eigenvalue weighted by Crippen LogP contribution is -2.41. The van der Waals surface area contributed by atoms with E-state index >= 15 is 0 Å². The van der Waals surface area contributed by atoms with Gasteiger partial charge in [-0.25, -0.2) is 0 Å². The third-order valence-electron chi connectivity index (χ3n) is 3.65. The summed E-state index contributed by atoms with van der Waals surface area (Å²) in [6, 6.07) is 8.09. The molecule has 0 spiro atoms. The molecule has 0 aliphatic rings. The van der Waals surface area contributed by atoms with E-state index < -0.39 is 0 Å². The number of carbonyl (C=O) groups excluding carboxylic acids is 1. The lowest BCUT2D eigenvalue weighted by molar-refractivity contribution is -0.135. The largest absolute Gasteiger partial charge is 0.496 e. The third-order valence-corrected chi connectivity index (χ3v) is 3.65. The van der Waals surface area contributed by atoms with Crippen molar-refractivity contribution >= 4 is 5.91 Å². The Kier molecular flexibility index (Phi) is 6.52. The molecular formula is C16H26N2O2. The molecule has 1 N–H and O–H groups in total. The Morgan fingerprint density at radius 3 is 2.60 bits per heavy atom. The Hall–Kier alpha value is -1.55. The van der Waals surface area contributed by atoms with Crippen LogP contribution in [0, 0.1) is 5.92 Å². The van der Waals surface area contributed by atoms with Gasteiger partial charge in [-0.1, -0.05) is 25.1 Å². The summed E-state index contributed by atoms with van der Waals surface area (Å²) in [5, 5.41) is 3.04. The fourth-order valence-electron chi connectivity index (χ4n) is 2.29. The minimum atomic E-state index is -0.00915. The molecular weight excluding hydrogens is 252 g/mol. The summed E-state index contributed by atoms with van der Waals surface area (Å²) in [4.78, 5) is 14.1. The van der Waals surface area contributed by atoms with E-state index in [9.17, 15) is 4.79 Å². The third kappa shape index (κ3) is 4.23. The SMILES string of the molecule is CNCC(C)C(=O)N(C)C(C)Cc1ccccc1OC. The number of hydrogen-bond acceptors (Lipinski definition) is 3. The minimum absolute atomic E-state index is 0.00915. The predicted molar refractivity (Wildman–Crippen MR) is 82.0 cm³/mol. The molecule has 0 aromatic heterocycles. The standard InChI is InChI=1S/C16H26N2O2/c1-12(11-17-3)16(19)18(4)13(2)10-14-8-6-7-9-15(14)20-5/h6-9,12-13,17H,10-11H2,1-5H3. The first kappa shape index (κ1) is 16.5. The van der Waals surface area contributed by atoms with Crippen LogP contribution in [-0.2, 0) is 11.2 Å². The molecule has 4 nitrogen and oxygen atoms in total. The average Bonchev–Trinajstić information content (AvgIpc) is 2.46. The summed E-state index contributed by atoms with van der Waals surface area (Å²) in [7, 11) is 5.41. The summed E-state index contributed by atoms with van der Waals surface area (Å²) in [5.41, 5.74) is 1.13. The topological polar surface area (TPSA) is 41.6 Å². The molecule has 0 heterocycles. The van der Waals surface area contributed by atoms with Gasteiger partial charge in [0.25, 0.3) is 0 Å². The first-order chi connectivity index (χ1) is 9.51. The molecule has 0 saturated heterocycles. The summed E-state index contributed by atoms with van der Waals surface area (Å²) < 4.78 is 5.36. The van der Waals surface area contributed by atoms with Gasteiger partial charge < -0.3 is 15.0 Å². The highest BCUT2D eigenvalue weighted by Gasteiger charge is 2.21. The minimum Gasteiger partial charge on any atom is -0.496 e. The quantitative estimate of drug-likeness (QED) is 0.829. The highest BCUT2D eigenvalue weighted by atomic mass is 16.5. The zero-order chi connectivity index (χ0) is 15.1. The first-order valence-electron chi connectivity index (χ1n) is 7.04. The van der Waals surface area contributed by atoms with Crippen molar-refractivity contribution in [1.82, 2.24) is 10.2 Å². The number of nitrogens with one attached hydrogen (secondary N) is 1. The second-order valence-electron chi connectivity index (χ2n) is 5.27. The smallest absolute Gasteiger partial charge is 0.226 e. The number of methoxy groups -OCH3 is 1. The number of rotatable bonds is 7. The highest BCUT2D eigenvalue weighted by molar-refractivity contribution is 5.78. The number of benzene rings is 1. The molecule has 1 aromatic carbocycles. The molecule has 2 unspecified atom stereocenters. The summed E-state index contributed by atoms with van der Waals surface area (Å²) >= 11 is 0. The van der Waals surface area contributed by atoms with E-state index in [1.54, 1.807) is 7.11 Å². The molecule has 0 aliphatic carbocycles. The van der Waals surface area contributed by atoms with Crippen LogP contribution in [-0.4, -0.2) is 44.6 Å². The maximum atomic E-state index is 12.3. The van der Waals surface area contributed by atoms with Crippen molar-refractivity contribution in [2.24, 2.45) is 5.92 Å². The van der Waals surface area contributed by atoms with E-state index in [-0.39, 0.29) is 17.9 Å². The van der Waals surface area contributed by atoms with Crippen LogP contribution in [0.2, 0.25) is 0 Å². The molecule has 1 amide bonds. The van der Waals surface area contributed by atoms with Gasteiger partial charge in [-0.2, -0.15) is 0 Å². The predicted octanol–water partition coefficient (Wildman–Crippen LogP) is 1.94. The van der Waals surface area contributed by atoms with Gasteiger partial charge in [-0.15, -0.1) is 0 Å². The number of carbonyl (C=O) groups is 1. The van der Waals surface area contributed by atoms with Crippen molar-refractivity contribution in [3.63, 3.8) is 0 Å². The average molecular weight is 278 g/mol. The lowest BCUT2D eigenvalue weighted by atomic mass is 10.0. The van der Waals surface area contributed by atoms with Crippen molar-refractivity contribution < 1.29 is 9.53 Å². The van der Waals surface area contributed by atoms with Crippen molar-refractivity contribution in [3.05, 3.63) is 29.8 Å². The van der Waals surface area contributed by atoms with E-state index in [1.807, 2.05) is 50.2 Å². The number of para-hydroxylation sites is 1. The summed E-state index contributed by atoms with van der Waals surface area (Å²) in [6.45, 7) is 4.71. The molecule has 1 aromatic rings. The van der Waals surface area contributed by atoms with Crippen LogP contribution in [0.25, 0.3) is 0 Å². The van der Waals surface area contributed by atoms with Gasteiger partial charge in [-0.05, 0) is 32.0 Å². The van der Waals surface area contributed by atoms with Crippen LogP contribution in [0.15, 0.2) is 24.3 Å². The number of hydrogen-bond donors (Lipinski definition) is 1. The molecule has 20 heavy (non-hydrogen) atoms. The Morgan fingerprint density at radius 2 is 2.00 bits per heavy atom. The Morgan fingerprint density at radius 1 is 1.35 bits per heavy atom. The van der Waals surface area contributed by atoms with E-state index in [1.165, 1.54) is 0 Å². The number of likely N-dealkylation sites (N-methyl/N-ethyl adjacent to an activating group) is 1. The maximum absolute atomic E-state index is 12.3. The zero-order valence-corrected chi connectivity index (χ0v) is 13.1. The van der Waals surface area contributed by atoms with Crippen molar-refractivity contribution in [1.29, 1.82) is 0 Å². The highest BCUT2D eigenvalue weighted by Crippen LogP contribution is 2.20. The first-order valence-corrected chi connectivity index (χ1v) is 7.04. The number of amides is 1. The van der Waals surface area contributed by atoms with E-state index in [0.717, 1.165) is 17.7 Å². The van der Waals surface area contributed by atoms with E-state index in [2.05, 4.69) is 12.2 Å². The van der Waals surface area contributed by atoms with Gasteiger partial charge in [-0.3, -0.25) is 4.79 Å². The number of ether oxygens (including phenoxy) is 1. The van der Waals surface area contributed by atoms with Crippen molar-refractivity contribution in [2.45, 2.75) is 26.3 Å². The van der Waals surface area contributed by atoms with Crippen LogP contribution >= 0.6 is 0 Å². The van der Waals surface area contributed by atoms with Gasteiger partial charge in [0.05, 0.1) is 7.11 Å². The molecule has 2 atom stereocenters. The van der Waals surface area contributed by atoms with E-state index in [0.29, 0.717) is 6.54 Å². The molecule has 0 fully saturated rings. The molecule has 4 heteroatoms. The molecule has 0 bridgehead atoms.